The van der Waals surface area contributed by atoms with Crippen molar-refractivity contribution in [3.63, 3.8) is 0 Å². The Morgan fingerprint density at radius 1 is 0.949 bits per heavy atom. The summed E-state index contributed by atoms with van der Waals surface area (Å²) in [5, 5.41) is 3.91. The smallest absolute Gasteiger partial charge is 0.244 e. The van der Waals surface area contributed by atoms with Crippen molar-refractivity contribution >= 4 is 62.3 Å². The van der Waals surface area contributed by atoms with Gasteiger partial charge in [-0.1, -0.05) is 77.3 Å². The molecule has 0 heterocycles. The second-order valence-electron chi connectivity index (χ2n) is 9.01. The number of carbonyl (C=O) groups excluding carboxylic acids is 2. The average Bonchev–Trinajstić information content (AvgIpc) is 2.87. The molecule has 1 N–H and O–H groups in total. The molecule has 0 aromatic heterocycles. The highest BCUT2D eigenvalue weighted by molar-refractivity contribution is 7.92. The van der Waals surface area contributed by atoms with Crippen LogP contribution in [0.5, 0.6) is 0 Å². The lowest BCUT2D eigenvalue weighted by atomic mass is 10.0. The van der Waals surface area contributed by atoms with Crippen LogP contribution in [0.2, 0.25) is 15.1 Å². The standard InChI is InChI=1S/C28H30Cl3N3O4S/c1-4-32-28(36)26(15-20-9-6-5-7-10-20)33(17-21-13-14-22(29)16-24(21)31)27(35)18-34(39(3,37)38)25-12-8-11-23(30)19(25)2/h5-14,16,26H,4,15,17-18H2,1-3H3,(H,32,36). The van der Waals surface area contributed by atoms with E-state index in [-0.39, 0.29) is 24.6 Å². The van der Waals surface area contributed by atoms with E-state index in [1.165, 1.54) is 4.90 Å². The fourth-order valence-electron chi connectivity index (χ4n) is 4.14. The summed E-state index contributed by atoms with van der Waals surface area (Å²) in [6.07, 6.45) is 1.23. The van der Waals surface area contributed by atoms with E-state index >= 15 is 0 Å². The van der Waals surface area contributed by atoms with Crippen LogP contribution in [0.3, 0.4) is 0 Å². The molecule has 208 valence electrons. The Labute approximate surface area is 244 Å². The fourth-order valence-corrected chi connectivity index (χ4v) is 5.68. The lowest BCUT2D eigenvalue weighted by Gasteiger charge is -2.34. The van der Waals surface area contributed by atoms with E-state index < -0.39 is 28.5 Å². The van der Waals surface area contributed by atoms with Gasteiger partial charge in [0.25, 0.3) is 0 Å². The van der Waals surface area contributed by atoms with E-state index in [0.717, 1.165) is 16.1 Å². The molecule has 0 fully saturated rings. The summed E-state index contributed by atoms with van der Waals surface area (Å²) in [5.74, 6) is -0.956. The Bertz CT molecular complexity index is 1440. The SMILES string of the molecule is CCNC(=O)C(Cc1ccccc1)N(Cc1ccc(Cl)cc1Cl)C(=O)CN(c1cccc(Cl)c1C)S(C)(=O)=O. The monoisotopic (exact) mass is 609 g/mol. The molecule has 0 aliphatic carbocycles. The summed E-state index contributed by atoms with van der Waals surface area (Å²) < 4.78 is 26.8. The zero-order valence-electron chi connectivity index (χ0n) is 21.8. The Morgan fingerprint density at radius 2 is 1.64 bits per heavy atom. The van der Waals surface area contributed by atoms with Gasteiger partial charge in [-0.15, -0.1) is 0 Å². The largest absolute Gasteiger partial charge is 0.355 e. The molecule has 3 aromatic rings. The predicted octanol–water partition coefficient (Wildman–Crippen LogP) is 5.50. The third-order valence-electron chi connectivity index (χ3n) is 6.16. The van der Waals surface area contributed by atoms with Gasteiger partial charge in [-0.05, 0) is 54.8 Å². The first kappa shape index (κ1) is 30.8. The molecule has 0 bridgehead atoms. The van der Waals surface area contributed by atoms with E-state index in [2.05, 4.69) is 5.32 Å². The minimum atomic E-state index is -3.90. The van der Waals surface area contributed by atoms with Gasteiger partial charge in [0, 0.05) is 34.6 Å². The quantitative estimate of drug-likeness (QED) is 0.311. The summed E-state index contributed by atoms with van der Waals surface area (Å²) in [7, 11) is -3.90. The van der Waals surface area contributed by atoms with Crippen LogP contribution >= 0.6 is 34.8 Å². The minimum Gasteiger partial charge on any atom is -0.355 e. The van der Waals surface area contributed by atoms with Gasteiger partial charge in [-0.2, -0.15) is 0 Å². The molecule has 0 saturated carbocycles. The van der Waals surface area contributed by atoms with Gasteiger partial charge in [-0.25, -0.2) is 8.42 Å². The number of benzene rings is 3. The van der Waals surface area contributed by atoms with Gasteiger partial charge < -0.3 is 10.2 Å². The molecule has 2 amide bonds. The molecule has 39 heavy (non-hydrogen) atoms. The van der Waals surface area contributed by atoms with Crippen molar-refractivity contribution in [1.29, 1.82) is 0 Å². The van der Waals surface area contributed by atoms with Crippen LogP contribution in [-0.2, 0) is 32.6 Å². The van der Waals surface area contributed by atoms with Crippen LogP contribution in [0.1, 0.15) is 23.6 Å². The lowest BCUT2D eigenvalue weighted by molar-refractivity contribution is -0.140. The van der Waals surface area contributed by atoms with Crippen molar-refractivity contribution in [2.45, 2.75) is 32.9 Å². The molecule has 0 saturated heterocycles. The van der Waals surface area contributed by atoms with E-state index in [1.807, 2.05) is 30.3 Å². The summed E-state index contributed by atoms with van der Waals surface area (Å²) in [4.78, 5) is 28.8. The second-order valence-corrected chi connectivity index (χ2v) is 12.2. The predicted molar refractivity (Wildman–Crippen MR) is 158 cm³/mol. The molecule has 11 heteroatoms. The topological polar surface area (TPSA) is 86.8 Å². The number of carbonyl (C=O) groups is 2. The first-order valence-electron chi connectivity index (χ1n) is 12.2. The third kappa shape index (κ3) is 8.11. The highest BCUT2D eigenvalue weighted by Crippen LogP contribution is 2.29. The summed E-state index contributed by atoms with van der Waals surface area (Å²) >= 11 is 18.8. The van der Waals surface area contributed by atoms with E-state index in [9.17, 15) is 18.0 Å². The fraction of sp³-hybridized carbons (Fsp3) is 0.286. The van der Waals surface area contributed by atoms with Gasteiger partial charge >= 0.3 is 0 Å². The average molecular weight is 611 g/mol. The van der Waals surface area contributed by atoms with Crippen LogP contribution in [0.25, 0.3) is 0 Å². The van der Waals surface area contributed by atoms with Crippen LogP contribution in [-0.4, -0.2) is 50.5 Å². The molecule has 0 aliphatic heterocycles. The normalized spacial score (nSPS) is 12.1. The number of hydrogen-bond donors (Lipinski definition) is 1. The highest BCUT2D eigenvalue weighted by Gasteiger charge is 2.33. The maximum Gasteiger partial charge on any atom is 0.244 e. The molecule has 7 nitrogen and oxygen atoms in total. The maximum atomic E-state index is 14.0. The Kier molecular flexibility index (Phi) is 10.7. The lowest BCUT2D eigenvalue weighted by Crippen LogP contribution is -2.53. The van der Waals surface area contributed by atoms with Gasteiger partial charge in [0.05, 0.1) is 11.9 Å². The van der Waals surface area contributed by atoms with Gasteiger partial charge in [0.15, 0.2) is 0 Å². The Hall–Kier alpha value is -2.78. The number of likely N-dealkylation sites (N-methyl/N-ethyl adjacent to an activating group) is 1. The van der Waals surface area contributed by atoms with Gasteiger partial charge in [0.2, 0.25) is 21.8 Å². The van der Waals surface area contributed by atoms with E-state index in [4.69, 9.17) is 34.8 Å². The number of nitrogens with zero attached hydrogens (tertiary/aromatic N) is 2. The first-order valence-corrected chi connectivity index (χ1v) is 15.2. The van der Waals surface area contributed by atoms with Crippen molar-refractivity contribution in [2.24, 2.45) is 0 Å². The number of anilines is 1. The number of nitrogens with one attached hydrogen (secondary N) is 1. The van der Waals surface area contributed by atoms with Crippen molar-refractivity contribution < 1.29 is 18.0 Å². The maximum absolute atomic E-state index is 14.0. The molecule has 0 aliphatic rings. The molecule has 1 atom stereocenters. The zero-order valence-corrected chi connectivity index (χ0v) is 24.9. The molecule has 3 aromatic carbocycles. The van der Waals surface area contributed by atoms with E-state index in [1.54, 1.807) is 50.2 Å². The third-order valence-corrected chi connectivity index (χ3v) is 8.29. The zero-order chi connectivity index (χ0) is 28.7. The van der Waals surface area contributed by atoms with Crippen LogP contribution < -0.4 is 9.62 Å². The molecular weight excluding hydrogens is 581 g/mol. The summed E-state index contributed by atoms with van der Waals surface area (Å²) in [6, 6.07) is 18.0. The molecule has 0 spiro atoms. The summed E-state index contributed by atoms with van der Waals surface area (Å²) in [5.41, 5.74) is 2.18. The number of sulfonamides is 1. The highest BCUT2D eigenvalue weighted by atomic mass is 35.5. The first-order chi connectivity index (χ1) is 18.4. The molecular formula is C28H30Cl3N3O4S. The molecule has 1 unspecified atom stereocenters. The van der Waals surface area contributed by atoms with Crippen molar-refractivity contribution in [2.75, 3.05) is 23.7 Å². The van der Waals surface area contributed by atoms with Crippen LogP contribution in [0.15, 0.2) is 66.7 Å². The Balaban J connectivity index is 2.09. The molecule has 3 rings (SSSR count). The number of halogens is 3. The number of rotatable bonds is 11. The summed E-state index contributed by atoms with van der Waals surface area (Å²) in [6.45, 7) is 3.22. The number of hydrogen-bond acceptors (Lipinski definition) is 4. The minimum absolute atomic E-state index is 0.0460. The molecule has 0 radical (unpaired) electrons. The van der Waals surface area contributed by atoms with Crippen molar-refractivity contribution in [3.05, 3.63) is 98.5 Å². The van der Waals surface area contributed by atoms with Crippen LogP contribution in [0, 0.1) is 6.92 Å². The number of amides is 2. The second kappa shape index (κ2) is 13.5. The van der Waals surface area contributed by atoms with Crippen molar-refractivity contribution in [3.8, 4) is 0 Å². The van der Waals surface area contributed by atoms with Crippen molar-refractivity contribution in [1.82, 2.24) is 10.2 Å². The van der Waals surface area contributed by atoms with Crippen LogP contribution in [0.4, 0.5) is 5.69 Å². The van der Waals surface area contributed by atoms with Gasteiger partial charge in [-0.3, -0.25) is 13.9 Å². The Morgan fingerprint density at radius 3 is 2.26 bits per heavy atom. The van der Waals surface area contributed by atoms with E-state index in [0.29, 0.717) is 32.7 Å². The van der Waals surface area contributed by atoms with Gasteiger partial charge in [0.1, 0.15) is 12.6 Å².